The lowest BCUT2D eigenvalue weighted by molar-refractivity contribution is 0.0538. The van der Waals surface area contributed by atoms with E-state index in [1.165, 1.54) is 0 Å². The first-order chi connectivity index (χ1) is 8.49. The summed E-state index contributed by atoms with van der Waals surface area (Å²) in [7, 11) is -3.67. The molecule has 0 spiro atoms. The van der Waals surface area contributed by atoms with Gasteiger partial charge in [0, 0.05) is 6.61 Å². The highest BCUT2D eigenvalue weighted by Crippen LogP contribution is 2.22. The summed E-state index contributed by atoms with van der Waals surface area (Å²) in [5, 5.41) is 0. The van der Waals surface area contributed by atoms with Gasteiger partial charge in [0.1, 0.15) is 0 Å². The van der Waals surface area contributed by atoms with Crippen LogP contribution in [0, 0.1) is 12.8 Å². The smallest absolute Gasteiger partial charge is 0.297 e. The van der Waals surface area contributed by atoms with E-state index in [1.807, 2.05) is 13.8 Å². The SMILES string of the molecule is Cc1ccc(S(=O)(=O)OC[C@H]2OCC[C@H]2C)cc1. The Labute approximate surface area is 108 Å². The van der Waals surface area contributed by atoms with Crippen molar-refractivity contribution in [1.29, 1.82) is 0 Å². The van der Waals surface area contributed by atoms with Crippen LogP contribution in [0.4, 0.5) is 0 Å². The molecule has 0 unspecified atom stereocenters. The fraction of sp³-hybridized carbons (Fsp3) is 0.538. The van der Waals surface area contributed by atoms with Crippen molar-refractivity contribution in [2.75, 3.05) is 13.2 Å². The summed E-state index contributed by atoms with van der Waals surface area (Å²) in [5.41, 5.74) is 1.02. The molecule has 0 bridgehead atoms. The van der Waals surface area contributed by atoms with Gasteiger partial charge < -0.3 is 4.74 Å². The van der Waals surface area contributed by atoms with Gasteiger partial charge in [-0.05, 0) is 31.4 Å². The van der Waals surface area contributed by atoms with Crippen molar-refractivity contribution >= 4 is 10.1 Å². The van der Waals surface area contributed by atoms with Crippen molar-refractivity contribution < 1.29 is 17.3 Å². The summed E-state index contributed by atoms with van der Waals surface area (Å²) in [5.74, 6) is 0.346. The van der Waals surface area contributed by atoms with E-state index in [1.54, 1.807) is 24.3 Å². The molecule has 4 nitrogen and oxygen atoms in total. The van der Waals surface area contributed by atoms with Gasteiger partial charge in [0.25, 0.3) is 10.1 Å². The molecule has 1 heterocycles. The summed E-state index contributed by atoms with van der Waals surface area (Å²) in [4.78, 5) is 0.193. The number of benzene rings is 1. The van der Waals surface area contributed by atoms with Gasteiger partial charge in [0.15, 0.2) is 0 Å². The van der Waals surface area contributed by atoms with Crippen molar-refractivity contribution in [3.05, 3.63) is 29.8 Å². The normalized spacial score (nSPS) is 24.3. The second kappa shape index (κ2) is 5.38. The Morgan fingerprint density at radius 3 is 2.56 bits per heavy atom. The number of hydrogen-bond donors (Lipinski definition) is 0. The second-order valence-electron chi connectivity index (χ2n) is 4.73. The first kappa shape index (κ1) is 13.5. The molecule has 0 aromatic heterocycles. The predicted octanol–water partition coefficient (Wildman–Crippen LogP) is 2.13. The Balaban J connectivity index is 2.01. The molecule has 1 aromatic carbocycles. The van der Waals surface area contributed by atoms with Crippen LogP contribution in [-0.2, 0) is 19.0 Å². The van der Waals surface area contributed by atoms with Crippen LogP contribution >= 0.6 is 0 Å². The molecule has 1 saturated heterocycles. The van der Waals surface area contributed by atoms with Gasteiger partial charge in [-0.2, -0.15) is 8.42 Å². The van der Waals surface area contributed by atoms with Crippen LogP contribution in [-0.4, -0.2) is 27.7 Å². The molecule has 0 saturated carbocycles. The molecule has 0 aliphatic carbocycles. The van der Waals surface area contributed by atoms with Gasteiger partial charge >= 0.3 is 0 Å². The number of aryl methyl sites for hydroxylation is 1. The van der Waals surface area contributed by atoms with E-state index in [0.29, 0.717) is 12.5 Å². The molecule has 100 valence electrons. The summed E-state index contributed by atoms with van der Waals surface area (Å²) in [6.45, 7) is 4.72. The number of ether oxygens (including phenoxy) is 1. The predicted molar refractivity (Wildman–Crippen MR) is 67.8 cm³/mol. The van der Waals surface area contributed by atoms with E-state index in [9.17, 15) is 8.42 Å². The minimum Gasteiger partial charge on any atom is -0.375 e. The van der Waals surface area contributed by atoms with Crippen LogP contribution in [0.15, 0.2) is 29.2 Å². The van der Waals surface area contributed by atoms with Crippen molar-refractivity contribution in [1.82, 2.24) is 0 Å². The van der Waals surface area contributed by atoms with Crippen LogP contribution in [0.2, 0.25) is 0 Å². The molecular weight excluding hydrogens is 252 g/mol. The zero-order valence-corrected chi connectivity index (χ0v) is 11.4. The Hall–Kier alpha value is -0.910. The molecule has 0 N–H and O–H groups in total. The molecule has 0 amide bonds. The summed E-state index contributed by atoms with van der Waals surface area (Å²) >= 11 is 0. The lowest BCUT2D eigenvalue weighted by Gasteiger charge is -2.14. The van der Waals surface area contributed by atoms with Crippen LogP contribution in [0.5, 0.6) is 0 Å². The highest BCUT2D eigenvalue weighted by atomic mass is 32.2. The number of hydrogen-bond acceptors (Lipinski definition) is 4. The van der Waals surface area contributed by atoms with Crippen molar-refractivity contribution in [3.63, 3.8) is 0 Å². The van der Waals surface area contributed by atoms with Crippen molar-refractivity contribution in [3.8, 4) is 0 Å². The molecule has 5 heteroatoms. The minimum absolute atomic E-state index is 0.0946. The molecule has 1 fully saturated rings. The van der Waals surface area contributed by atoms with E-state index >= 15 is 0 Å². The Kier molecular flexibility index (Phi) is 4.04. The highest BCUT2D eigenvalue weighted by molar-refractivity contribution is 7.86. The maximum absolute atomic E-state index is 11.9. The fourth-order valence-electron chi connectivity index (χ4n) is 1.90. The zero-order valence-electron chi connectivity index (χ0n) is 10.6. The summed E-state index contributed by atoms with van der Waals surface area (Å²) in [6, 6.07) is 6.63. The minimum atomic E-state index is -3.67. The Bertz CT molecular complexity index is 492. The molecule has 1 aromatic rings. The van der Waals surface area contributed by atoms with Gasteiger partial charge in [-0.1, -0.05) is 24.6 Å². The average molecular weight is 270 g/mol. The second-order valence-corrected chi connectivity index (χ2v) is 6.34. The highest BCUT2D eigenvalue weighted by Gasteiger charge is 2.27. The molecular formula is C13H18O4S. The molecule has 2 rings (SSSR count). The third-order valence-electron chi connectivity index (χ3n) is 3.24. The Morgan fingerprint density at radius 2 is 2.00 bits per heavy atom. The Morgan fingerprint density at radius 1 is 1.33 bits per heavy atom. The van der Waals surface area contributed by atoms with Crippen LogP contribution < -0.4 is 0 Å². The third-order valence-corrected chi connectivity index (χ3v) is 4.53. The van der Waals surface area contributed by atoms with Gasteiger partial charge in [-0.3, -0.25) is 4.18 Å². The van der Waals surface area contributed by atoms with E-state index in [-0.39, 0.29) is 17.6 Å². The summed E-state index contributed by atoms with van der Waals surface area (Å²) < 4.78 is 34.3. The van der Waals surface area contributed by atoms with Crippen LogP contribution in [0.25, 0.3) is 0 Å². The molecule has 2 atom stereocenters. The average Bonchev–Trinajstić information content (AvgIpc) is 2.73. The molecule has 18 heavy (non-hydrogen) atoms. The zero-order chi connectivity index (χ0) is 13.2. The van der Waals surface area contributed by atoms with Gasteiger partial charge in [-0.25, -0.2) is 0 Å². The monoisotopic (exact) mass is 270 g/mol. The molecule has 1 aliphatic rings. The van der Waals surface area contributed by atoms with Crippen LogP contribution in [0.1, 0.15) is 18.9 Å². The molecule has 1 aliphatic heterocycles. The maximum Gasteiger partial charge on any atom is 0.297 e. The van der Waals surface area contributed by atoms with Gasteiger partial charge in [0.2, 0.25) is 0 Å². The standard InChI is InChI=1S/C13H18O4S/c1-10-3-5-12(6-4-10)18(14,15)17-9-13-11(2)7-8-16-13/h3-6,11,13H,7-9H2,1-2H3/t11-,13-/m1/s1. The maximum atomic E-state index is 11.9. The quantitative estimate of drug-likeness (QED) is 0.786. The first-order valence-corrected chi connectivity index (χ1v) is 7.47. The van der Waals surface area contributed by atoms with E-state index in [4.69, 9.17) is 8.92 Å². The van der Waals surface area contributed by atoms with Crippen molar-refractivity contribution in [2.45, 2.75) is 31.3 Å². The summed E-state index contributed by atoms with van der Waals surface area (Å²) in [6.07, 6.45) is 0.837. The first-order valence-electron chi connectivity index (χ1n) is 6.07. The van der Waals surface area contributed by atoms with Gasteiger partial charge in [0.05, 0.1) is 17.6 Å². The lowest BCUT2D eigenvalue weighted by atomic mass is 10.1. The topological polar surface area (TPSA) is 52.6 Å². The lowest BCUT2D eigenvalue weighted by Crippen LogP contribution is -2.23. The largest absolute Gasteiger partial charge is 0.375 e. The van der Waals surface area contributed by atoms with E-state index in [0.717, 1.165) is 12.0 Å². The molecule has 0 radical (unpaired) electrons. The van der Waals surface area contributed by atoms with Gasteiger partial charge in [-0.15, -0.1) is 0 Å². The van der Waals surface area contributed by atoms with Crippen LogP contribution in [0.3, 0.4) is 0 Å². The number of rotatable bonds is 4. The third kappa shape index (κ3) is 3.10. The van der Waals surface area contributed by atoms with E-state index < -0.39 is 10.1 Å². The fourth-order valence-corrected chi connectivity index (χ4v) is 2.82. The van der Waals surface area contributed by atoms with E-state index in [2.05, 4.69) is 0 Å². The van der Waals surface area contributed by atoms with Crippen molar-refractivity contribution in [2.24, 2.45) is 5.92 Å².